The van der Waals surface area contributed by atoms with Gasteiger partial charge in [-0.1, -0.05) is 40.2 Å². The Balaban J connectivity index is 1.52. The van der Waals surface area contributed by atoms with E-state index in [1.54, 1.807) is 30.3 Å². The number of rotatable bonds is 7. The summed E-state index contributed by atoms with van der Waals surface area (Å²) in [5.41, 5.74) is 2.43. The largest absolute Gasteiger partial charge is 0.493 e. The van der Waals surface area contributed by atoms with E-state index < -0.39 is 11.9 Å². The van der Waals surface area contributed by atoms with Crippen LogP contribution in [0.3, 0.4) is 0 Å². The fourth-order valence-corrected chi connectivity index (χ4v) is 4.19. The third-order valence-corrected chi connectivity index (χ3v) is 6.19. The van der Waals surface area contributed by atoms with Crippen LogP contribution in [0.5, 0.6) is 11.5 Å². The minimum atomic E-state index is -0.482. The summed E-state index contributed by atoms with van der Waals surface area (Å²) in [5.74, 6) is 0.169. The predicted octanol–water partition coefficient (Wildman–Crippen LogP) is 6.03. The number of nitrogens with zero attached hydrogens (tertiary/aromatic N) is 1. The molecule has 0 aliphatic carbocycles. The predicted molar refractivity (Wildman–Crippen MR) is 133 cm³/mol. The highest BCUT2D eigenvalue weighted by atomic mass is 79.9. The van der Waals surface area contributed by atoms with Gasteiger partial charge < -0.3 is 14.8 Å². The van der Waals surface area contributed by atoms with Gasteiger partial charge in [-0.25, -0.2) is 9.18 Å². The van der Waals surface area contributed by atoms with Crippen molar-refractivity contribution in [3.8, 4) is 11.5 Å². The number of hydrogen-bond acceptors (Lipinski definition) is 4. The van der Waals surface area contributed by atoms with Crippen LogP contribution in [-0.2, 0) is 17.9 Å². The number of amides is 3. The molecule has 3 aromatic carbocycles. The van der Waals surface area contributed by atoms with Crippen LogP contribution in [0.25, 0.3) is 6.08 Å². The molecule has 3 amide bonds. The lowest BCUT2D eigenvalue weighted by molar-refractivity contribution is -0.123. The topological polar surface area (TPSA) is 67.9 Å². The molecule has 1 saturated heterocycles. The van der Waals surface area contributed by atoms with Crippen LogP contribution in [0.15, 0.2) is 75.3 Å². The maximum absolute atomic E-state index is 13.1. The third-order valence-electron chi connectivity index (χ3n) is 5.08. The number of nitrogens with one attached hydrogen (secondary N) is 1. The van der Waals surface area contributed by atoms with Crippen molar-refractivity contribution in [2.24, 2.45) is 0 Å². The molecule has 1 aliphatic rings. The van der Waals surface area contributed by atoms with Crippen molar-refractivity contribution in [3.63, 3.8) is 0 Å². The monoisotopic (exact) mass is 588 g/mol. The molecule has 174 valence electrons. The number of ether oxygens (including phenoxy) is 2. The zero-order chi connectivity index (χ0) is 24.2. The molecule has 1 heterocycles. The second-order valence-electron chi connectivity index (χ2n) is 7.46. The summed E-state index contributed by atoms with van der Waals surface area (Å²) in [5, 5.41) is 2.63. The maximum Gasteiger partial charge on any atom is 0.329 e. The first-order valence-corrected chi connectivity index (χ1v) is 11.8. The number of carbonyl (C=O) groups excluding carboxylic acids is 2. The van der Waals surface area contributed by atoms with E-state index in [1.165, 1.54) is 19.2 Å². The van der Waals surface area contributed by atoms with Crippen LogP contribution in [0, 0.1) is 5.82 Å². The normalized spacial score (nSPS) is 14.5. The van der Waals surface area contributed by atoms with E-state index in [0.29, 0.717) is 21.5 Å². The quantitative estimate of drug-likeness (QED) is 0.270. The van der Waals surface area contributed by atoms with E-state index in [0.717, 1.165) is 20.5 Å². The Bertz CT molecular complexity index is 1260. The van der Waals surface area contributed by atoms with Crippen molar-refractivity contribution in [3.05, 3.63) is 97.8 Å². The fourth-order valence-electron chi connectivity index (χ4n) is 3.35. The van der Waals surface area contributed by atoms with Gasteiger partial charge in [0.15, 0.2) is 11.5 Å². The van der Waals surface area contributed by atoms with Crippen LogP contribution >= 0.6 is 31.9 Å². The lowest BCUT2D eigenvalue weighted by Crippen LogP contribution is -2.30. The standard InChI is InChI=1S/C25H19Br2FN2O4/c1-33-22-12-17(10-20(27)23(22)34-14-16-4-8-19(28)9-5-16)11-21-24(31)30(25(32)29-21)13-15-2-6-18(26)7-3-15/h2-12H,13-14H2,1H3,(H,29,32)/b21-11+. The number of carbonyl (C=O) groups is 2. The molecular formula is C25H19Br2FN2O4. The number of imide groups is 1. The van der Waals surface area contributed by atoms with Gasteiger partial charge in [-0.3, -0.25) is 9.69 Å². The Hall–Kier alpha value is -3.17. The number of halogens is 3. The van der Waals surface area contributed by atoms with Gasteiger partial charge in [-0.15, -0.1) is 0 Å². The molecule has 0 atom stereocenters. The molecule has 0 spiro atoms. The van der Waals surface area contributed by atoms with E-state index >= 15 is 0 Å². The van der Waals surface area contributed by atoms with Crippen LogP contribution in [-0.4, -0.2) is 23.9 Å². The van der Waals surface area contributed by atoms with E-state index in [-0.39, 0.29) is 24.7 Å². The zero-order valence-electron chi connectivity index (χ0n) is 18.0. The third kappa shape index (κ3) is 5.48. The maximum atomic E-state index is 13.1. The molecule has 34 heavy (non-hydrogen) atoms. The molecule has 1 fully saturated rings. The summed E-state index contributed by atoms with van der Waals surface area (Å²) >= 11 is 6.85. The second-order valence-corrected chi connectivity index (χ2v) is 9.23. The van der Waals surface area contributed by atoms with Crippen molar-refractivity contribution in [1.82, 2.24) is 10.2 Å². The van der Waals surface area contributed by atoms with Gasteiger partial charge in [-0.2, -0.15) is 0 Å². The fraction of sp³-hybridized carbons (Fsp3) is 0.120. The highest BCUT2D eigenvalue weighted by Gasteiger charge is 2.33. The molecule has 0 aromatic heterocycles. The molecule has 0 saturated carbocycles. The Morgan fingerprint density at radius 1 is 1.00 bits per heavy atom. The van der Waals surface area contributed by atoms with Crippen molar-refractivity contribution >= 4 is 49.9 Å². The van der Waals surface area contributed by atoms with Crippen LogP contribution in [0.4, 0.5) is 9.18 Å². The molecule has 1 aliphatic heterocycles. The van der Waals surface area contributed by atoms with Crippen LogP contribution < -0.4 is 14.8 Å². The van der Waals surface area contributed by atoms with Crippen LogP contribution in [0.1, 0.15) is 16.7 Å². The first-order chi connectivity index (χ1) is 16.3. The smallest absolute Gasteiger partial charge is 0.329 e. The van der Waals surface area contributed by atoms with Gasteiger partial charge in [0.25, 0.3) is 5.91 Å². The minimum absolute atomic E-state index is 0.163. The van der Waals surface area contributed by atoms with Gasteiger partial charge in [0.2, 0.25) is 0 Å². The molecule has 6 nitrogen and oxygen atoms in total. The summed E-state index contributed by atoms with van der Waals surface area (Å²) in [7, 11) is 1.51. The van der Waals surface area contributed by atoms with Crippen molar-refractivity contribution < 1.29 is 23.5 Å². The zero-order valence-corrected chi connectivity index (χ0v) is 21.2. The first kappa shape index (κ1) is 24.0. The highest BCUT2D eigenvalue weighted by Crippen LogP contribution is 2.38. The molecule has 4 rings (SSSR count). The highest BCUT2D eigenvalue weighted by molar-refractivity contribution is 9.10. The average molecular weight is 590 g/mol. The number of methoxy groups -OCH3 is 1. The molecule has 1 N–H and O–H groups in total. The summed E-state index contributed by atoms with van der Waals surface area (Å²) < 4.78 is 26.0. The summed E-state index contributed by atoms with van der Waals surface area (Å²) in [4.78, 5) is 26.4. The Kier molecular flexibility index (Phi) is 7.33. The second kappa shape index (κ2) is 10.4. The SMILES string of the molecule is COc1cc(/C=C2/NC(=O)N(Cc3ccc(Br)cc3)C2=O)cc(Br)c1OCc1ccc(F)cc1. The number of urea groups is 1. The van der Waals surface area contributed by atoms with E-state index in [2.05, 4.69) is 37.2 Å². The average Bonchev–Trinajstić information content (AvgIpc) is 3.07. The van der Waals surface area contributed by atoms with Gasteiger partial charge in [0.1, 0.15) is 18.1 Å². The summed E-state index contributed by atoms with van der Waals surface area (Å²) in [6.07, 6.45) is 1.58. The Morgan fingerprint density at radius 2 is 1.68 bits per heavy atom. The Morgan fingerprint density at radius 3 is 2.35 bits per heavy atom. The van der Waals surface area contributed by atoms with Crippen molar-refractivity contribution in [1.29, 1.82) is 0 Å². The molecule has 0 radical (unpaired) electrons. The molecule has 3 aromatic rings. The van der Waals surface area contributed by atoms with Gasteiger partial charge in [0, 0.05) is 4.47 Å². The summed E-state index contributed by atoms with van der Waals surface area (Å²) in [6.45, 7) is 0.383. The lowest BCUT2D eigenvalue weighted by Gasteiger charge is -2.14. The number of benzene rings is 3. The molecule has 0 bridgehead atoms. The minimum Gasteiger partial charge on any atom is -0.493 e. The van der Waals surface area contributed by atoms with E-state index in [4.69, 9.17) is 9.47 Å². The first-order valence-electron chi connectivity index (χ1n) is 10.2. The van der Waals surface area contributed by atoms with Gasteiger partial charge >= 0.3 is 6.03 Å². The lowest BCUT2D eigenvalue weighted by atomic mass is 10.1. The summed E-state index contributed by atoms with van der Waals surface area (Å²) in [6, 6.07) is 16.4. The van der Waals surface area contributed by atoms with E-state index in [1.807, 2.05) is 24.3 Å². The van der Waals surface area contributed by atoms with Crippen LogP contribution in [0.2, 0.25) is 0 Å². The molecular weight excluding hydrogens is 571 g/mol. The van der Waals surface area contributed by atoms with Crippen molar-refractivity contribution in [2.45, 2.75) is 13.2 Å². The Labute approximate surface area is 212 Å². The van der Waals surface area contributed by atoms with Gasteiger partial charge in [0.05, 0.1) is 18.1 Å². The number of hydrogen-bond donors (Lipinski definition) is 1. The van der Waals surface area contributed by atoms with Gasteiger partial charge in [-0.05, 0) is 75.1 Å². The van der Waals surface area contributed by atoms with Crippen molar-refractivity contribution in [2.75, 3.05) is 7.11 Å². The molecule has 0 unspecified atom stereocenters. The van der Waals surface area contributed by atoms with E-state index in [9.17, 15) is 14.0 Å². The molecule has 9 heteroatoms.